The zero-order valence-electron chi connectivity index (χ0n) is 11.8. The summed E-state index contributed by atoms with van der Waals surface area (Å²) in [6.45, 7) is 8.35. The molecule has 0 spiro atoms. The van der Waals surface area contributed by atoms with E-state index in [9.17, 15) is 0 Å². The van der Waals surface area contributed by atoms with Crippen LogP contribution in [0.3, 0.4) is 0 Å². The zero-order chi connectivity index (χ0) is 14.3. The summed E-state index contributed by atoms with van der Waals surface area (Å²) in [7, 11) is 0. The molecule has 1 atom stereocenters. The molecule has 0 saturated heterocycles. The Labute approximate surface area is 114 Å². The fourth-order valence-corrected chi connectivity index (χ4v) is 1.16. The first-order valence-electron chi connectivity index (χ1n) is 6.34. The molecular formula is C13H20N4O2. The number of aromatic nitrogens is 3. The van der Waals surface area contributed by atoms with Gasteiger partial charge in [0.15, 0.2) is 6.10 Å². The van der Waals surface area contributed by atoms with Crippen molar-refractivity contribution in [3.05, 3.63) is 0 Å². The molecule has 0 bridgehead atoms. The van der Waals surface area contributed by atoms with E-state index in [4.69, 9.17) is 15.9 Å². The summed E-state index contributed by atoms with van der Waals surface area (Å²) < 4.78 is 10.8. The van der Waals surface area contributed by atoms with E-state index in [-0.39, 0.29) is 18.1 Å². The molecule has 1 N–H and O–H groups in total. The fraction of sp³-hybridized carbons (Fsp3) is 0.615. The first-order valence-corrected chi connectivity index (χ1v) is 6.34. The highest BCUT2D eigenvalue weighted by Gasteiger charge is 2.11. The van der Waals surface area contributed by atoms with Crippen molar-refractivity contribution in [3.8, 4) is 24.4 Å². The average molecular weight is 264 g/mol. The Kier molecular flexibility index (Phi) is 5.86. The predicted molar refractivity (Wildman–Crippen MR) is 73.3 cm³/mol. The molecule has 1 aromatic heterocycles. The smallest absolute Gasteiger partial charge is 0.325 e. The van der Waals surface area contributed by atoms with E-state index in [0.29, 0.717) is 5.95 Å². The Balaban J connectivity index is 2.91. The Bertz CT molecular complexity index is 443. The van der Waals surface area contributed by atoms with Crippen molar-refractivity contribution in [2.75, 3.05) is 11.9 Å². The number of nitrogens with zero attached hydrogens (tertiary/aromatic N) is 3. The molecule has 104 valence electrons. The number of anilines is 1. The Morgan fingerprint density at radius 2 is 1.79 bits per heavy atom. The summed E-state index contributed by atoms with van der Waals surface area (Å²) in [6.07, 6.45) is 5.79. The van der Waals surface area contributed by atoms with Crippen molar-refractivity contribution >= 4 is 5.95 Å². The molecule has 0 aromatic carbocycles. The van der Waals surface area contributed by atoms with Crippen molar-refractivity contribution < 1.29 is 9.47 Å². The van der Waals surface area contributed by atoms with Gasteiger partial charge < -0.3 is 14.8 Å². The van der Waals surface area contributed by atoms with Gasteiger partial charge in [-0.2, -0.15) is 9.97 Å². The number of nitrogens with one attached hydrogen (secondary N) is 1. The molecule has 6 heteroatoms. The summed E-state index contributed by atoms with van der Waals surface area (Å²) in [4.78, 5) is 12.4. The number of hydrogen-bond donors (Lipinski definition) is 1. The molecule has 0 aliphatic rings. The summed E-state index contributed by atoms with van der Waals surface area (Å²) in [5.41, 5.74) is 0. The van der Waals surface area contributed by atoms with Crippen molar-refractivity contribution in [2.24, 2.45) is 0 Å². The van der Waals surface area contributed by atoms with E-state index in [2.05, 4.69) is 33.1 Å². The van der Waals surface area contributed by atoms with Gasteiger partial charge >= 0.3 is 12.0 Å². The molecule has 0 radical (unpaired) electrons. The average Bonchev–Trinajstić information content (AvgIpc) is 2.35. The number of hydrogen-bond acceptors (Lipinski definition) is 6. The highest BCUT2D eigenvalue weighted by Crippen LogP contribution is 2.15. The molecule has 0 fully saturated rings. The first kappa shape index (κ1) is 15.0. The molecule has 0 saturated carbocycles. The minimum absolute atomic E-state index is 0.0284. The van der Waals surface area contributed by atoms with E-state index >= 15 is 0 Å². The largest absolute Gasteiger partial charge is 0.461 e. The maximum Gasteiger partial charge on any atom is 0.325 e. The van der Waals surface area contributed by atoms with Gasteiger partial charge in [-0.25, -0.2) is 0 Å². The van der Waals surface area contributed by atoms with Gasteiger partial charge in [0.2, 0.25) is 5.95 Å². The van der Waals surface area contributed by atoms with Gasteiger partial charge in [-0.05, 0) is 27.2 Å². The molecule has 1 rings (SSSR count). The molecule has 6 nitrogen and oxygen atoms in total. The SMILES string of the molecule is C#CC(C)Oc1nc(NCCC)nc(OC(C)C)n1. The molecular weight excluding hydrogens is 244 g/mol. The van der Waals surface area contributed by atoms with Gasteiger partial charge in [0.1, 0.15) is 0 Å². The molecule has 0 aliphatic heterocycles. The van der Waals surface area contributed by atoms with Crippen LogP contribution in [0.5, 0.6) is 12.0 Å². The van der Waals surface area contributed by atoms with E-state index in [1.807, 2.05) is 13.8 Å². The zero-order valence-corrected chi connectivity index (χ0v) is 11.8. The van der Waals surface area contributed by atoms with Crippen LogP contribution in [0.1, 0.15) is 34.1 Å². The second-order valence-electron chi connectivity index (χ2n) is 4.24. The predicted octanol–water partition coefficient (Wildman–Crippen LogP) is 1.88. The number of terminal acetylenes is 1. The summed E-state index contributed by atoms with van der Waals surface area (Å²) >= 11 is 0. The van der Waals surface area contributed by atoms with Crippen LogP contribution in [0, 0.1) is 12.3 Å². The van der Waals surface area contributed by atoms with Gasteiger partial charge in [0.25, 0.3) is 0 Å². The highest BCUT2D eigenvalue weighted by molar-refractivity contribution is 5.27. The van der Waals surface area contributed by atoms with Crippen molar-refractivity contribution in [2.45, 2.75) is 46.3 Å². The molecule has 1 unspecified atom stereocenters. The van der Waals surface area contributed by atoms with Crippen molar-refractivity contribution in [1.29, 1.82) is 0 Å². The third-order valence-corrected chi connectivity index (χ3v) is 1.99. The van der Waals surface area contributed by atoms with Crippen LogP contribution in [0.15, 0.2) is 0 Å². The van der Waals surface area contributed by atoms with Gasteiger partial charge in [-0.15, -0.1) is 11.4 Å². The van der Waals surface area contributed by atoms with Gasteiger partial charge in [0.05, 0.1) is 6.10 Å². The van der Waals surface area contributed by atoms with Crippen molar-refractivity contribution in [3.63, 3.8) is 0 Å². The van der Waals surface area contributed by atoms with Crippen LogP contribution >= 0.6 is 0 Å². The maximum absolute atomic E-state index is 5.46. The maximum atomic E-state index is 5.46. The Hall–Kier alpha value is -2.03. The van der Waals surface area contributed by atoms with Crippen LogP contribution < -0.4 is 14.8 Å². The molecule has 19 heavy (non-hydrogen) atoms. The van der Waals surface area contributed by atoms with E-state index in [1.54, 1.807) is 6.92 Å². The second-order valence-corrected chi connectivity index (χ2v) is 4.24. The minimum atomic E-state index is -0.409. The van der Waals surface area contributed by atoms with Crippen molar-refractivity contribution in [1.82, 2.24) is 15.0 Å². The monoisotopic (exact) mass is 264 g/mol. The third-order valence-electron chi connectivity index (χ3n) is 1.99. The molecule has 1 aromatic rings. The lowest BCUT2D eigenvalue weighted by Gasteiger charge is -2.12. The Morgan fingerprint density at radius 3 is 2.32 bits per heavy atom. The quantitative estimate of drug-likeness (QED) is 0.758. The lowest BCUT2D eigenvalue weighted by Crippen LogP contribution is -2.15. The fourth-order valence-electron chi connectivity index (χ4n) is 1.16. The van der Waals surface area contributed by atoms with Gasteiger partial charge in [-0.1, -0.05) is 12.8 Å². The van der Waals surface area contributed by atoms with E-state index in [0.717, 1.165) is 13.0 Å². The van der Waals surface area contributed by atoms with Crippen LogP contribution in [-0.2, 0) is 0 Å². The lowest BCUT2D eigenvalue weighted by atomic mass is 10.4. The first-order chi connectivity index (χ1) is 9.05. The highest BCUT2D eigenvalue weighted by atomic mass is 16.5. The molecule has 0 aliphatic carbocycles. The summed E-state index contributed by atoms with van der Waals surface area (Å²) in [5.74, 6) is 2.88. The topological polar surface area (TPSA) is 69.2 Å². The summed E-state index contributed by atoms with van der Waals surface area (Å²) in [5, 5.41) is 3.07. The van der Waals surface area contributed by atoms with Gasteiger partial charge in [0, 0.05) is 6.54 Å². The van der Waals surface area contributed by atoms with Gasteiger partial charge in [-0.3, -0.25) is 0 Å². The number of rotatable bonds is 7. The van der Waals surface area contributed by atoms with E-state index in [1.165, 1.54) is 0 Å². The molecule has 1 heterocycles. The van der Waals surface area contributed by atoms with Crippen LogP contribution in [0.4, 0.5) is 5.95 Å². The normalized spacial score (nSPS) is 11.8. The standard InChI is InChI=1S/C13H20N4O2/c1-6-8-14-11-15-12(18-9(3)4)17-13(16-11)19-10(5)7-2/h2,9-10H,6,8H2,1,3-5H3,(H,14,15,16,17). The minimum Gasteiger partial charge on any atom is -0.461 e. The summed E-state index contributed by atoms with van der Waals surface area (Å²) in [6, 6.07) is 0.387. The van der Waals surface area contributed by atoms with E-state index < -0.39 is 6.10 Å². The third kappa shape index (κ3) is 5.42. The Morgan fingerprint density at radius 1 is 1.16 bits per heavy atom. The second kappa shape index (κ2) is 7.41. The molecule has 0 amide bonds. The number of ether oxygens (including phenoxy) is 2. The van der Waals surface area contributed by atoms with Crippen LogP contribution in [0.2, 0.25) is 0 Å². The van der Waals surface area contributed by atoms with Crippen LogP contribution in [0.25, 0.3) is 0 Å². The van der Waals surface area contributed by atoms with Crippen LogP contribution in [-0.4, -0.2) is 33.7 Å². The lowest BCUT2D eigenvalue weighted by molar-refractivity contribution is 0.208.